The van der Waals surface area contributed by atoms with E-state index in [9.17, 15) is 0 Å². The zero-order chi connectivity index (χ0) is 14.9. The van der Waals surface area contributed by atoms with Gasteiger partial charge in [0.2, 0.25) is 0 Å². The van der Waals surface area contributed by atoms with Gasteiger partial charge in [-0.15, -0.1) is 0 Å². The van der Waals surface area contributed by atoms with Crippen LogP contribution in [0.2, 0.25) is 0 Å². The molecule has 0 aliphatic carbocycles. The number of hydrogen-bond donors (Lipinski definition) is 0. The van der Waals surface area contributed by atoms with E-state index in [0.29, 0.717) is 5.71 Å². The lowest BCUT2D eigenvalue weighted by atomic mass is 9.99. The Morgan fingerprint density at radius 3 is 2.77 bits per heavy atom. The molecule has 22 heavy (non-hydrogen) atoms. The topological polar surface area (TPSA) is 55.1 Å². The molecule has 0 bridgehead atoms. The van der Waals surface area contributed by atoms with E-state index >= 15 is 0 Å². The highest BCUT2D eigenvalue weighted by atomic mass is 16.5. The van der Waals surface area contributed by atoms with Crippen molar-refractivity contribution < 1.29 is 4.52 Å². The van der Waals surface area contributed by atoms with Crippen molar-refractivity contribution in [3.05, 3.63) is 54.0 Å². The van der Waals surface area contributed by atoms with Gasteiger partial charge >= 0.3 is 0 Å². The van der Waals surface area contributed by atoms with E-state index < -0.39 is 0 Å². The Kier molecular flexibility index (Phi) is 3.11. The van der Waals surface area contributed by atoms with Crippen LogP contribution >= 0.6 is 0 Å². The summed E-state index contributed by atoms with van der Waals surface area (Å²) in [6, 6.07) is 10.5. The van der Waals surface area contributed by atoms with Gasteiger partial charge in [0.25, 0.3) is 5.71 Å². The standard InChI is InChI=1S/C17H16N4O/c1-12-15-16(18-11-19-17(15)22-20-12)21-9-7-14(8-10-21)13-5-3-2-4-6-13/h2-7,11H,8-10H2,1H3. The maximum absolute atomic E-state index is 5.23. The molecular formula is C17H16N4O. The van der Waals surface area contributed by atoms with Gasteiger partial charge in [-0.1, -0.05) is 41.6 Å². The molecule has 0 saturated heterocycles. The number of fused-ring (bicyclic) bond motifs is 1. The van der Waals surface area contributed by atoms with E-state index in [1.807, 2.05) is 13.0 Å². The van der Waals surface area contributed by atoms with E-state index in [-0.39, 0.29) is 0 Å². The third-order valence-corrected chi connectivity index (χ3v) is 4.08. The molecule has 3 heterocycles. The van der Waals surface area contributed by atoms with Crippen molar-refractivity contribution in [2.45, 2.75) is 13.3 Å². The third kappa shape index (κ3) is 2.15. The van der Waals surface area contributed by atoms with Crippen molar-refractivity contribution in [3.8, 4) is 0 Å². The Labute approximate surface area is 128 Å². The summed E-state index contributed by atoms with van der Waals surface area (Å²) in [7, 11) is 0. The molecule has 0 N–H and O–H groups in total. The molecule has 2 aromatic heterocycles. The van der Waals surface area contributed by atoms with Crippen molar-refractivity contribution in [2.75, 3.05) is 18.0 Å². The van der Waals surface area contributed by atoms with Crippen molar-refractivity contribution >= 4 is 22.5 Å². The Hall–Kier alpha value is -2.69. The molecule has 0 fully saturated rings. The van der Waals surface area contributed by atoms with Crippen molar-refractivity contribution in [1.29, 1.82) is 0 Å². The van der Waals surface area contributed by atoms with Crippen LogP contribution in [-0.4, -0.2) is 28.2 Å². The molecule has 0 saturated carbocycles. The number of aryl methyl sites for hydroxylation is 1. The van der Waals surface area contributed by atoms with Gasteiger partial charge in [0, 0.05) is 13.1 Å². The number of rotatable bonds is 2. The number of hydrogen-bond acceptors (Lipinski definition) is 5. The van der Waals surface area contributed by atoms with Gasteiger partial charge in [-0.25, -0.2) is 4.98 Å². The molecule has 0 amide bonds. The van der Waals surface area contributed by atoms with Crippen LogP contribution in [0.1, 0.15) is 17.7 Å². The fourth-order valence-corrected chi connectivity index (χ4v) is 2.92. The van der Waals surface area contributed by atoms with Crippen LogP contribution < -0.4 is 4.90 Å². The van der Waals surface area contributed by atoms with Gasteiger partial charge in [0.1, 0.15) is 17.5 Å². The molecule has 1 aliphatic heterocycles. The number of benzene rings is 1. The molecule has 1 aliphatic rings. The summed E-state index contributed by atoms with van der Waals surface area (Å²) >= 11 is 0. The van der Waals surface area contributed by atoms with Crippen molar-refractivity contribution in [3.63, 3.8) is 0 Å². The zero-order valence-corrected chi connectivity index (χ0v) is 12.4. The first-order valence-corrected chi connectivity index (χ1v) is 7.39. The summed E-state index contributed by atoms with van der Waals surface area (Å²) in [5.41, 5.74) is 4.09. The second-order valence-corrected chi connectivity index (χ2v) is 5.44. The lowest BCUT2D eigenvalue weighted by molar-refractivity contribution is 0.442. The summed E-state index contributed by atoms with van der Waals surface area (Å²) in [6.45, 7) is 3.69. The van der Waals surface area contributed by atoms with Crippen LogP contribution in [0.3, 0.4) is 0 Å². The van der Waals surface area contributed by atoms with Gasteiger partial charge in [-0.3, -0.25) is 0 Å². The molecule has 3 aromatic rings. The molecule has 4 rings (SSSR count). The summed E-state index contributed by atoms with van der Waals surface area (Å²) in [4.78, 5) is 10.8. The molecule has 0 atom stereocenters. The predicted molar refractivity (Wildman–Crippen MR) is 85.6 cm³/mol. The minimum Gasteiger partial charge on any atom is -0.352 e. The predicted octanol–water partition coefficient (Wildman–Crippen LogP) is 3.22. The van der Waals surface area contributed by atoms with E-state index in [1.165, 1.54) is 11.1 Å². The van der Waals surface area contributed by atoms with Crippen molar-refractivity contribution in [2.24, 2.45) is 0 Å². The van der Waals surface area contributed by atoms with Crippen LogP contribution in [0.4, 0.5) is 5.82 Å². The molecular weight excluding hydrogens is 276 g/mol. The monoisotopic (exact) mass is 292 g/mol. The van der Waals surface area contributed by atoms with Crippen LogP contribution in [0.5, 0.6) is 0 Å². The smallest absolute Gasteiger partial charge is 0.263 e. The molecule has 5 nitrogen and oxygen atoms in total. The van der Waals surface area contributed by atoms with Gasteiger partial charge in [-0.2, -0.15) is 4.98 Å². The lowest BCUT2D eigenvalue weighted by Gasteiger charge is -2.27. The second kappa shape index (κ2) is 5.26. The minimum absolute atomic E-state index is 0.556. The fraction of sp³-hybridized carbons (Fsp3) is 0.235. The van der Waals surface area contributed by atoms with Gasteiger partial charge in [0.15, 0.2) is 0 Å². The molecule has 0 unspecified atom stereocenters. The minimum atomic E-state index is 0.556. The first-order chi connectivity index (χ1) is 10.8. The Balaban J connectivity index is 1.66. The first-order valence-electron chi connectivity index (χ1n) is 7.39. The highest BCUT2D eigenvalue weighted by Gasteiger charge is 2.20. The van der Waals surface area contributed by atoms with Gasteiger partial charge in [-0.05, 0) is 24.5 Å². The molecule has 0 radical (unpaired) electrons. The summed E-state index contributed by atoms with van der Waals surface area (Å²) < 4.78 is 5.23. The summed E-state index contributed by atoms with van der Waals surface area (Å²) in [5, 5.41) is 4.91. The number of nitrogens with zero attached hydrogens (tertiary/aromatic N) is 4. The highest BCUT2D eigenvalue weighted by Crippen LogP contribution is 2.29. The fourth-order valence-electron chi connectivity index (χ4n) is 2.92. The maximum atomic E-state index is 5.23. The molecule has 1 aromatic carbocycles. The zero-order valence-electron chi connectivity index (χ0n) is 12.4. The van der Waals surface area contributed by atoms with Crippen LogP contribution in [0, 0.1) is 6.92 Å². The molecule has 110 valence electrons. The van der Waals surface area contributed by atoms with E-state index in [2.05, 4.69) is 50.4 Å². The first kappa shape index (κ1) is 13.0. The van der Waals surface area contributed by atoms with E-state index in [0.717, 1.165) is 36.4 Å². The van der Waals surface area contributed by atoms with Crippen LogP contribution in [0.25, 0.3) is 16.7 Å². The summed E-state index contributed by atoms with van der Waals surface area (Å²) in [5.74, 6) is 0.909. The average Bonchev–Trinajstić information content (AvgIpc) is 2.97. The maximum Gasteiger partial charge on any atom is 0.263 e. The van der Waals surface area contributed by atoms with Gasteiger partial charge in [0.05, 0.1) is 5.69 Å². The molecule has 5 heteroatoms. The second-order valence-electron chi connectivity index (χ2n) is 5.44. The SMILES string of the molecule is Cc1noc2ncnc(N3CC=C(c4ccccc4)CC3)c12. The normalized spacial score (nSPS) is 15.1. The quantitative estimate of drug-likeness (QED) is 0.726. The van der Waals surface area contributed by atoms with Crippen molar-refractivity contribution in [1.82, 2.24) is 15.1 Å². The lowest BCUT2D eigenvalue weighted by Crippen LogP contribution is -2.29. The van der Waals surface area contributed by atoms with Gasteiger partial charge < -0.3 is 9.42 Å². The summed E-state index contributed by atoms with van der Waals surface area (Å²) in [6.07, 6.45) is 4.81. The number of anilines is 1. The van der Waals surface area contributed by atoms with Crippen LogP contribution in [-0.2, 0) is 0 Å². The largest absolute Gasteiger partial charge is 0.352 e. The molecule has 0 spiro atoms. The number of aromatic nitrogens is 3. The Morgan fingerprint density at radius 2 is 2.00 bits per heavy atom. The van der Waals surface area contributed by atoms with E-state index in [1.54, 1.807) is 6.33 Å². The highest BCUT2D eigenvalue weighted by molar-refractivity contribution is 5.88. The Bertz CT molecular complexity index is 838. The van der Waals surface area contributed by atoms with Crippen LogP contribution in [0.15, 0.2) is 47.3 Å². The average molecular weight is 292 g/mol. The van der Waals surface area contributed by atoms with E-state index in [4.69, 9.17) is 4.52 Å². The Morgan fingerprint density at radius 1 is 1.14 bits per heavy atom. The third-order valence-electron chi connectivity index (χ3n) is 4.08.